The minimum absolute atomic E-state index is 0.0527. The van der Waals surface area contributed by atoms with Gasteiger partial charge in [0.25, 0.3) is 0 Å². The van der Waals surface area contributed by atoms with Crippen LogP contribution in [0.1, 0.15) is 56.7 Å². The molecule has 126 valence electrons. The van der Waals surface area contributed by atoms with Gasteiger partial charge >= 0.3 is 5.97 Å². The van der Waals surface area contributed by atoms with Gasteiger partial charge in [-0.1, -0.05) is 18.0 Å². The Bertz CT molecular complexity index is 586. The van der Waals surface area contributed by atoms with Crippen molar-refractivity contribution in [3.63, 3.8) is 0 Å². The number of aromatic nitrogens is 2. The van der Waals surface area contributed by atoms with Gasteiger partial charge in [0, 0.05) is 18.9 Å². The van der Waals surface area contributed by atoms with E-state index in [1.54, 1.807) is 11.8 Å². The number of aliphatic carboxylic acids is 1. The highest BCUT2D eigenvalue weighted by Gasteiger charge is 2.47. The van der Waals surface area contributed by atoms with Crippen LogP contribution in [-0.4, -0.2) is 44.1 Å². The number of carbonyl (C=O) groups excluding carboxylic acids is 1. The predicted molar refractivity (Wildman–Crippen MR) is 80.6 cm³/mol. The standard InChI is InChI=1S/C16H23N3O4/c1-10-17-14(23-18-10)7-4-8-15(20)19-12-6-3-2-5-11(12)9-13(19)16(21)22/h11-13H,2-9H2,1H3,(H,21,22). The molecule has 1 saturated heterocycles. The first-order chi connectivity index (χ1) is 11.1. The monoisotopic (exact) mass is 321 g/mol. The van der Waals surface area contributed by atoms with Crippen molar-refractivity contribution in [2.24, 2.45) is 5.92 Å². The first kappa shape index (κ1) is 16.0. The van der Waals surface area contributed by atoms with Crippen LogP contribution in [-0.2, 0) is 16.0 Å². The van der Waals surface area contributed by atoms with Crippen molar-refractivity contribution in [2.45, 2.75) is 70.4 Å². The summed E-state index contributed by atoms with van der Waals surface area (Å²) in [5.74, 6) is 0.541. The third-order valence-electron chi connectivity index (χ3n) is 5.01. The molecule has 1 aromatic rings. The number of carbonyl (C=O) groups is 2. The van der Waals surface area contributed by atoms with E-state index in [9.17, 15) is 14.7 Å². The highest BCUT2D eigenvalue weighted by molar-refractivity contribution is 5.84. The number of carboxylic acids is 1. The number of rotatable bonds is 5. The van der Waals surface area contributed by atoms with E-state index >= 15 is 0 Å². The molecule has 1 aliphatic carbocycles. The van der Waals surface area contributed by atoms with Crippen LogP contribution in [0.25, 0.3) is 0 Å². The summed E-state index contributed by atoms with van der Waals surface area (Å²) in [5, 5.41) is 13.2. The highest BCUT2D eigenvalue weighted by atomic mass is 16.5. The van der Waals surface area contributed by atoms with Crippen molar-refractivity contribution >= 4 is 11.9 Å². The number of carboxylic acid groups (broad SMARTS) is 1. The van der Waals surface area contributed by atoms with Gasteiger partial charge in [-0.2, -0.15) is 4.98 Å². The van der Waals surface area contributed by atoms with Gasteiger partial charge in [0.05, 0.1) is 0 Å². The molecule has 3 unspecified atom stereocenters. The molecule has 2 heterocycles. The second-order valence-electron chi connectivity index (χ2n) is 6.59. The molecule has 7 heteroatoms. The first-order valence-electron chi connectivity index (χ1n) is 8.39. The third kappa shape index (κ3) is 3.38. The molecule has 0 spiro atoms. The molecule has 0 radical (unpaired) electrons. The van der Waals surface area contributed by atoms with Gasteiger partial charge in [-0.3, -0.25) is 4.79 Å². The van der Waals surface area contributed by atoms with E-state index in [1.807, 2.05) is 0 Å². The highest BCUT2D eigenvalue weighted by Crippen LogP contribution is 2.40. The number of hydrogen-bond donors (Lipinski definition) is 1. The Balaban J connectivity index is 1.60. The Kier molecular flexibility index (Phi) is 4.63. The normalized spacial score (nSPS) is 27.0. The Morgan fingerprint density at radius 3 is 2.83 bits per heavy atom. The first-order valence-corrected chi connectivity index (χ1v) is 8.39. The van der Waals surface area contributed by atoms with E-state index < -0.39 is 12.0 Å². The Morgan fingerprint density at radius 1 is 1.35 bits per heavy atom. The van der Waals surface area contributed by atoms with E-state index in [-0.39, 0.29) is 11.9 Å². The molecule has 2 aliphatic rings. The molecule has 0 aromatic carbocycles. The Hall–Kier alpha value is -1.92. The van der Waals surface area contributed by atoms with Crippen LogP contribution in [0.2, 0.25) is 0 Å². The molecule has 1 N–H and O–H groups in total. The summed E-state index contributed by atoms with van der Waals surface area (Å²) in [6.07, 6.45) is 6.28. The summed E-state index contributed by atoms with van der Waals surface area (Å²) in [5.41, 5.74) is 0. The van der Waals surface area contributed by atoms with Crippen molar-refractivity contribution in [1.82, 2.24) is 15.0 Å². The second kappa shape index (κ2) is 6.68. The van der Waals surface area contributed by atoms with E-state index in [1.165, 1.54) is 0 Å². The van der Waals surface area contributed by atoms with Gasteiger partial charge in [-0.05, 0) is 38.5 Å². The lowest BCUT2D eigenvalue weighted by atomic mass is 9.84. The summed E-state index contributed by atoms with van der Waals surface area (Å²) in [4.78, 5) is 29.9. The van der Waals surface area contributed by atoms with Crippen LogP contribution < -0.4 is 0 Å². The molecule has 1 saturated carbocycles. The van der Waals surface area contributed by atoms with E-state index in [0.717, 1.165) is 25.7 Å². The maximum atomic E-state index is 12.6. The molecule has 7 nitrogen and oxygen atoms in total. The summed E-state index contributed by atoms with van der Waals surface area (Å²) in [7, 11) is 0. The average molecular weight is 321 g/mol. The van der Waals surface area contributed by atoms with Crippen LogP contribution in [0.3, 0.4) is 0 Å². The Morgan fingerprint density at radius 2 is 2.13 bits per heavy atom. The summed E-state index contributed by atoms with van der Waals surface area (Å²) >= 11 is 0. The fourth-order valence-corrected chi connectivity index (χ4v) is 4.00. The molecular weight excluding hydrogens is 298 g/mol. The van der Waals surface area contributed by atoms with Crippen molar-refractivity contribution < 1.29 is 19.2 Å². The number of nitrogens with zero attached hydrogens (tertiary/aromatic N) is 3. The fourth-order valence-electron chi connectivity index (χ4n) is 4.00. The molecular formula is C16H23N3O4. The molecule has 3 atom stereocenters. The lowest BCUT2D eigenvalue weighted by Gasteiger charge is -2.33. The molecule has 0 bridgehead atoms. The lowest BCUT2D eigenvalue weighted by molar-refractivity contribution is -0.149. The molecule has 2 fully saturated rings. The van der Waals surface area contributed by atoms with Crippen molar-refractivity contribution in [3.05, 3.63) is 11.7 Å². The average Bonchev–Trinajstić information content (AvgIpc) is 3.10. The minimum Gasteiger partial charge on any atom is -0.480 e. The summed E-state index contributed by atoms with van der Waals surface area (Å²) in [6.45, 7) is 1.75. The maximum Gasteiger partial charge on any atom is 0.326 e. The smallest absolute Gasteiger partial charge is 0.326 e. The summed E-state index contributed by atoms with van der Waals surface area (Å²) in [6, 6.07) is -0.538. The number of fused-ring (bicyclic) bond motifs is 1. The Labute approximate surface area is 135 Å². The largest absolute Gasteiger partial charge is 0.480 e. The van der Waals surface area contributed by atoms with E-state index in [2.05, 4.69) is 10.1 Å². The number of likely N-dealkylation sites (tertiary alicyclic amines) is 1. The van der Waals surface area contributed by atoms with Crippen LogP contribution in [0.15, 0.2) is 4.52 Å². The van der Waals surface area contributed by atoms with Crippen molar-refractivity contribution in [3.8, 4) is 0 Å². The molecule has 1 amide bonds. The topological polar surface area (TPSA) is 96.5 Å². The van der Waals surface area contributed by atoms with E-state index in [4.69, 9.17) is 4.52 Å². The van der Waals surface area contributed by atoms with Gasteiger partial charge in [-0.25, -0.2) is 4.79 Å². The number of aryl methyl sites for hydroxylation is 2. The molecule has 1 aliphatic heterocycles. The van der Waals surface area contributed by atoms with Crippen molar-refractivity contribution in [2.75, 3.05) is 0 Å². The van der Waals surface area contributed by atoms with E-state index in [0.29, 0.717) is 43.3 Å². The van der Waals surface area contributed by atoms with Crippen LogP contribution >= 0.6 is 0 Å². The van der Waals surface area contributed by atoms with Gasteiger partial charge in [0.1, 0.15) is 6.04 Å². The third-order valence-corrected chi connectivity index (χ3v) is 5.01. The second-order valence-corrected chi connectivity index (χ2v) is 6.59. The summed E-state index contributed by atoms with van der Waals surface area (Å²) < 4.78 is 5.04. The van der Waals surface area contributed by atoms with Crippen LogP contribution in [0.4, 0.5) is 0 Å². The van der Waals surface area contributed by atoms with Gasteiger partial charge < -0.3 is 14.5 Å². The zero-order valence-corrected chi connectivity index (χ0v) is 13.4. The zero-order chi connectivity index (χ0) is 16.4. The van der Waals surface area contributed by atoms with Crippen LogP contribution in [0, 0.1) is 12.8 Å². The minimum atomic E-state index is -0.875. The van der Waals surface area contributed by atoms with Crippen LogP contribution in [0.5, 0.6) is 0 Å². The number of hydrogen-bond acceptors (Lipinski definition) is 5. The van der Waals surface area contributed by atoms with Crippen molar-refractivity contribution in [1.29, 1.82) is 0 Å². The quantitative estimate of drug-likeness (QED) is 0.890. The van der Waals surface area contributed by atoms with Gasteiger partial charge in [0.2, 0.25) is 11.8 Å². The van der Waals surface area contributed by atoms with Gasteiger partial charge in [-0.15, -0.1) is 0 Å². The van der Waals surface area contributed by atoms with Gasteiger partial charge in [0.15, 0.2) is 5.82 Å². The molecule has 23 heavy (non-hydrogen) atoms. The zero-order valence-electron chi connectivity index (χ0n) is 13.4. The SMILES string of the molecule is Cc1noc(CCCC(=O)N2C(C(=O)O)CC3CCCCC32)n1. The fraction of sp³-hybridized carbons (Fsp3) is 0.750. The maximum absolute atomic E-state index is 12.6. The molecule has 1 aromatic heterocycles. The molecule has 3 rings (SSSR count). The lowest BCUT2D eigenvalue weighted by Crippen LogP contribution is -2.46. The predicted octanol–water partition coefficient (Wildman–Crippen LogP) is 1.95. The number of amides is 1.